The first kappa shape index (κ1) is 10.6. The van der Waals surface area contributed by atoms with Crippen molar-refractivity contribution in [1.29, 1.82) is 0 Å². The lowest BCUT2D eigenvalue weighted by atomic mass is 10.2. The molecule has 0 unspecified atom stereocenters. The Morgan fingerprint density at radius 3 is 2.94 bits per heavy atom. The van der Waals surface area contributed by atoms with Gasteiger partial charge in [-0.3, -0.25) is 9.48 Å². The van der Waals surface area contributed by atoms with Gasteiger partial charge in [0, 0.05) is 25.0 Å². The first-order valence-corrected chi connectivity index (χ1v) is 5.43. The predicted octanol–water partition coefficient (Wildman–Crippen LogP) is 1.40. The van der Waals surface area contributed by atoms with Crippen LogP contribution in [0.3, 0.4) is 0 Å². The molecule has 0 fully saturated rings. The minimum Gasteiger partial charge on any atom is -0.454 e. The molecule has 92 valence electrons. The van der Waals surface area contributed by atoms with Crippen molar-refractivity contribution in [2.24, 2.45) is 7.05 Å². The Bertz CT molecular complexity index is 606. The molecule has 0 saturated carbocycles. The number of hydrogen-bond donors (Lipinski definition) is 1. The van der Waals surface area contributed by atoms with Crippen molar-refractivity contribution in [2.45, 2.75) is 0 Å². The molecule has 0 saturated heterocycles. The van der Waals surface area contributed by atoms with Gasteiger partial charge in [0.1, 0.15) is 0 Å². The van der Waals surface area contributed by atoms with E-state index in [4.69, 9.17) is 9.47 Å². The van der Waals surface area contributed by atoms with E-state index in [1.807, 2.05) is 0 Å². The first-order valence-electron chi connectivity index (χ1n) is 5.43. The van der Waals surface area contributed by atoms with Crippen molar-refractivity contribution >= 4 is 11.6 Å². The smallest absolute Gasteiger partial charge is 0.276 e. The summed E-state index contributed by atoms with van der Waals surface area (Å²) in [5.41, 5.74) is 1.02. The van der Waals surface area contributed by atoms with Gasteiger partial charge in [0.25, 0.3) is 5.91 Å². The molecule has 0 aliphatic carbocycles. The Morgan fingerprint density at radius 1 is 1.33 bits per heavy atom. The van der Waals surface area contributed by atoms with Gasteiger partial charge < -0.3 is 14.8 Å². The summed E-state index contributed by atoms with van der Waals surface area (Å²) < 4.78 is 12.0. The second-order valence-electron chi connectivity index (χ2n) is 3.90. The third kappa shape index (κ3) is 1.88. The Morgan fingerprint density at radius 2 is 2.17 bits per heavy atom. The average molecular weight is 245 g/mol. The number of fused-ring (bicyclic) bond motifs is 1. The Hall–Kier alpha value is -2.50. The second-order valence-corrected chi connectivity index (χ2v) is 3.90. The number of rotatable bonds is 2. The number of anilines is 1. The maximum atomic E-state index is 11.9. The van der Waals surface area contributed by atoms with Crippen molar-refractivity contribution in [3.8, 4) is 11.5 Å². The topological polar surface area (TPSA) is 65.4 Å². The molecule has 0 bridgehead atoms. The van der Waals surface area contributed by atoms with Crippen LogP contribution in [0.1, 0.15) is 10.5 Å². The summed E-state index contributed by atoms with van der Waals surface area (Å²) in [7, 11) is 1.76. The van der Waals surface area contributed by atoms with Gasteiger partial charge in [-0.15, -0.1) is 0 Å². The van der Waals surface area contributed by atoms with Crippen LogP contribution in [-0.4, -0.2) is 22.5 Å². The average Bonchev–Trinajstić information content (AvgIpc) is 2.96. The van der Waals surface area contributed by atoms with Gasteiger partial charge in [0.05, 0.1) is 0 Å². The van der Waals surface area contributed by atoms with Gasteiger partial charge in [0.2, 0.25) is 6.79 Å². The van der Waals surface area contributed by atoms with Gasteiger partial charge in [0.15, 0.2) is 17.2 Å². The highest BCUT2D eigenvalue weighted by Gasteiger charge is 2.15. The summed E-state index contributed by atoms with van der Waals surface area (Å²) >= 11 is 0. The molecule has 1 aromatic heterocycles. The highest BCUT2D eigenvalue weighted by molar-refractivity contribution is 6.02. The fraction of sp³-hybridized carbons (Fsp3) is 0.167. The molecule has 0 spiro atoms. The normalized spacial score (nSPS) is 12.5. The number of carbonyl (C=O) groups is 1. The summed E-state index contributed by atoms with van der Waals surface area (Å²) in [4.78, 5) is 11.9. The van der Waals surface area contributed by atoms with E-state index in [9.17, 15) is 4.79 Å². The minimum absolute atomic E-state index is 0.215. The molecule has 3 rings (SSSR count). The zero-order valence-electron chi connectivity index (χ0n) is 9.71. The van der Waals surface area contributed by atoms with Gasteiger partial charge in [-0.25, -0.2) is 0 Å². The van der Waals surface area contributed by atoms with E-state index in [0.29, 0.717) is 22.9 Å². The van der Waals surface area contributed by atoms with Crippen LogP contribution in [0.2, 0.25) is 0 Å². The van der Waals surface area contributed by atoms with Gasteiger partial charge in [-0.2, -0.15) is 5.10 Å². The molecule has 1 aliphatic heterocycles. The molecule has 6 heteroatoms. The number of nitrogens with one attached hydrogen (secondary N) is 1. The quantitative estimate of drug-likeness (QED) is 0.868. The van der Waals surface area contributed by atoms with Crippen molar-refractivity contribution < 1.29 is 14.3 Å². The summed E-state index contributed by atoms with van der Waals surface area (Å²) in [5, 5.41) is 6.78. The predicted molar refractivity (Wildman–Crippen MR) is 63.7 cm³/mol. The number of aryl methyl sites for hydroxylation is 1. The zero-order valence-corrected chi connectivity index (χ0v) is 9.71. The fourth-order valence-corrected chi connectivity index (χ4v) is 1.71. The van der Waals surface area contributed by atoms with Crippen LogP contribution < -0.4 is 14.8 Å². The summed E-state index contributed by atoms with van der Waals surface area (Å²) in [6.45, 7) is 0.215. The van der Waals surface area contributed by atoms with Crippen molar-refractivity contribution in [1.82, 2.24) is 9.78 Å². The number of benzene rings is 1. The number of ether oxygens (including phenoxy) is 2. The number of aromatic nitrogens is 2. The minimum atomic E-state index is -0.255. The standard InChI is InChI=1S/C12H11N3O3/c1-15-5-4-9(14-15)12(16)13-8-2-3-10-11(6-8)18-7-17-10/h2-6H,7H2,1H3,(H,13,16). The summed E-state index contributed by atoms with van der Waals surface area (Å²) in [6, 6.07) is 6.90. The highest BCUT2D eigenvalue weighted by atomic mass is 16.7. The molecule has 2 heterocycles. The van der Waals surface area contributed by atoms with Crippen LogP contribution in [0.25, 0.3) is 0 Å². The van der Waals surface area contributed by atoms with E-state index in [2.05, 4.69) is 10.4 Å². The maximum Gasteiger partial charge on any atom is 0.276 e. The number of carbonyl (C=O) groups excluding carboxylic acids is 1. The lowest BCUT2D eigenvalue weighted by Crippen LogP contribution is -2.12. The molecule has 1 aromatic carbocycles. The summed E-state index contributed by atoms with van der Waals surface area (Å²) in [5.74, 6) is 1.06. The van der Waals surface area contributed by atoms with E-state index in [0.717, 1.165) is 0 Å². The monoisotopic (exact) mass is 245 g/mol. The van der Waals surface area contributed by atoms with E-state index < -0.39 is 0 Å². The molecule has 1 aliphatic rings. The van der Waals surface area contributed by atoms with Crippen LogP contribution in [-0.2, 0) is 7.05 Å². The molecule has 1 amide bonds. The zero-order chi connectivity index (χ0) is 12.5. The number of nitrogens with zero attached hydrogens (tertiary/aromatic N) is 2. The lowest BCUT2D eigenvalue weighted by molar-refractivity contribution is 0.102. The summed E-state index contributed by atoms with van der Waals surface area (Å²) in [6.07, 6.45) is 1.72. The molecule has 0 radical (unpaired) electrons. The molecule has 1 N–H and O–H groups in total. The van der Waals surface area contributed by atoms with Gasteiger partial charge in [-0.1, -0.05) is 0 Å². The molecule has 2 aromatic rings. The largest absolute Gasteiger partial charge is 0.454 e. The van der Waals surface area contributed by atoms with Crippen molar-refractivity contribution in [2.75, 3.05) is 12.1 Å². The van der Waals surface area contributed by atoms with E-state index in [-0.39, 0.29) is 12.7 Å². The van der Waals surface area contributed by atoms with E-state index in [1.54, 1.807) is 42.2 Å². The van der Waals surface area contributed by atoms with Crippen molar-refractivity contribution in [3.05, 3.63) is 36.2 Å². The van der Waals surface area contributed by atoms with Crippen LogP contribution in [0.15, 0.2) is 30.5 Å². The van der Waals surface area contributed by atoms with Gasteiger partial charge >= 0.3 is 0 Å². The number of amides is 1. The van der Waals surface area contributed by atoms with Crippen LogP contribution in [0.4, 0.5) is 5.69 Å². The highest BCUT2D eigenvalue weighted by Crippen LogP contribution is 2.34. The Labute approximate surface area is 103 Å². The molecule has 0 atom stereocenters. The Kier molecular flexibility index (Phi) is 2.40. The third-order valence-corrected chi connectivity index (χ3v) is 2.58. The molecule has 18 heavy (non-hydrogen) atoms. The van der Waals surface area contributed by atoms with E-state index in [1.165, 1.54) is 0 Å². The van der Waals surface area contributed by atoms with Gasteiger partial charge in [-0.05, 0) is 18.2 Å². The third-order valence-electron chi connectivity index (χ3n) is 2.58. The molecular formula is C12H11N3O3. The Balaban J connectivity index is 1.78. The lowest BCUT2D eigenvalue weighted by Gasteiger charge is -2.04. The van der Waals surface area contributed by atoms with Crippen LogP contribution >= 0.6 is 0 Å². The van der Waals surface area contributed by atoms with E-state index >= 15 is 0 Å². The first-order chi connectivity index (χ1) is 8.72. The molecule has 6 nitrogen and oxygen atoms in total. The van der Waals surface area contributed by atoms with Crippen molar-refractivity contribution in [3.63, 3.8) is 0 Å². The van der Waals surface area contributed by atoms with Crippen LogP contribution in [0.5, 0.6) is 11.5 Å². The second kappa shape index (κ2) is 4.06. The molecular weight excluding hydrogens is 234 g/mol. The van der Waals surface area contributed by atoms with Crippen LogP contribution in [0, 0.1) is 0 Å². The SMILES string of the molecule is Cn1ccc(C(=O)Nc2ccc3c(c2)OCO3)n1. The maximum absolute atomic E-state index is 11.9. The number of hydrogen-bond acceptors (Lipinski definition) is 4. The fourth-order valence-electron chi connectivity index (χ4n) is 1.71.